The molecule has 0 atom stereocenters. The van der Waals surface area contributed by atoms with Crippen LogP contribution in [0.25, 0.3) is 0 Å². The number of rotatable bonds is 5. The van der Waals surface area contributed by atoms with Crippen molar-refractivity contribution in [2.45, 2.75) is 26.3 Å². The van der Waals surface area contributed by atoms with Crippen LogP contribution in [0.5, 0.6) is 0 Å². The molecule has 0 heterocycles. The number of hydrogen-bond donors (Lipinski definition) is 1. The molecule has 6 nitrogen and oxygen atoms in total. The Bertz CT molecular complexity index is 483. The average molecular weight is 250 g/mol. The number of ketones is 1. The Morgan fingerprint density at radius 3 is 2.50 bits per heavy atom. The van der Waals surface area contributed by atoms with Crippen LogP contribution in [0.1, 0.15) is 19.4 Å². The molecule has 0 aliphatic heterocycles. The van der Waals surface area contributed by atoms with Crippen LogP contribution in [0.3, 0.4) is 0 Å². The van der Waals surface area contributed by atoms with Crippen LogP contribution in [0.15, 0.2) is 24.3 Å². The van der Waals surface area contributed by atoms with Gasteiger partial charge in [-0.25, -0.2) is 0 Å². The Morgan fingerprint density at radius 2 is 1.94 bits per heavy atom. The van der Waals surface area contributed by atoms with Gasteiger partial charge in [-0.1, -0.05) is 18.2 Å². The first-order valence-electron chi connectivity index (χ1n) is 5.47. The molecule has 0 bridgehead atoms. The van der Waals surface area contributed by atoms with E-state index in [-0.39, 0.29) is 23.7 Å². The van der Waals surface area contributed by atoms with Crippen LogP contribution < -0.4 is 5.32 Å². The number of para-hydroxylation sites is 1. The summed E-state index contributed by atoms with van der Waals surface area (Å²) < 4.78 is 0. The standard InChI is InChI=1S/C12H14N2O4/c1-8(2)13-12(16)11(15)7-9-5-3-4-6-10(9)14(17)18/h3-6,8H,7H2,1-2H3,(H,13,16). The molecule has 0 radical (unpaired) electrons. The van der Waals surface area contributed by atoms with Crippen molar-refractivity contribution in [3.63, 3.8) is 0 Å². The van der Waals surface area contributed by atoms with Gasteiger partial charge in [0.05, 0.1) is 4.92 Å². The van der Waals surface area contributed by atoms with E-state index in [1.54, 1.807) is 19.9 Å². The number of amides is 1. The molecule has 0 fully saturated rings. The van der Waals surface area contributed by atoms with Gasteiger partial charge in [-0.3, -0.25) is 19.7 Å². The minimum Gasteiger partial charge on any atom is -0.347 e. The van der Waals surface area contributed by atoms with Crippen molar-refractivity contribution >= 4 is 17.4 Å². The topological polar surface area (TPSA) is 89.3 Å². The number of hydrogen-bond acceptors (Lipinski definition) is 4. The molecule has 1 rings (SSSR count). The van der Waals surface area contributed by atoms with Crippen molar-refractivity contribution in [3.05, 3.63) is 39.9 Å². The molecule has 0 spiro atoms. The third kappa shape index (κ3) is 3.65. The van der Waals surface area contributed by atoms with Crippen molar-refractivity contribution in [1.82, 2.24) is 5.32 Å². The van der Waals surface area contributed by atoms with Gasteiger partial charge in [0.2, 0.25) is 5.78 Å². The summed E-state index contributed by atoms with van der Waals surface area (Å²) in [6, 6.07) is 5.74. The maximum atomic E-state index is 11.6. The molecule has 1 aromatic carbocycles. The second-order valence-electron chi connectivity index (χ2n) is 4.11. The molecule has 1 aromatic rings. The summed E-state index contributed by atoms with van der Waals surface area (Å²) in [6.45, 7) is 3.46. The van der Waals surface area contributed by atoms with E-state index in [1.165, 1.54) is 18.2 Å². The van der Waals surface area contributed by atoms with Crippen molar-refractivity contribution in [2.24, 2.45) is 0 Å². The summed E-state index contributed by atoms with van der Waals surface area (Å²) >= 11 is 0. The summed E-state index contributed by atoms with van der Waals surface area (Å²) in [6.07, 6.45) is -0.268. The Kier molecular flexibility index (Phi) is 4.53. The molecular formula is C12H14N2O4. The van der Waals surface area contributed by atoms with E-state index in [4.69, 9.17) is 0 Å². The van der Waals surface area contributed by atoms with Gasteiger partial charge in [-0.05, 0) is 13.8 Å². The highest BCUT2D eigenvalue weighted by molar-refractivity contribution is 6.36. The van der Waals surface area contributed by atoms with Gasteiger partial charge < -0.3 is 5.32 Å². The normalized spacial score (nSPS) is 10.2. The van der Waals surface area contributed by atoms with Gasteiger partial charge in [-0.2, -0.15) is 0 Å². The van der Waals surface area contributed by atoms with Crippen molar-refractivity contribution in [1.29, 1.82) is 0 Å². The molecule has 1 N–H and O–H groups in total. The second kappa shape index (κ2) is 5.90. The molecule has 18 heavy (non-hydrogen) atoms. The minimum absolute atomic E-state index is 0.146. The number of nitrogens with one attached hydrogen (secondary N) is 1. The third-order valence-corrected chi connectivity index (χ3v) is 2.21. The quantitative estimate of drug-likeness (QED) is 0.483. The lowest BCUT2D eigenvalue weighted by Crippen LogP contribution is -2.36. The Labute approximate surface area is 104 Å². The number of nitro benzene ring substituents is 1. The van der Waals surface area contributed by atoms with Crippen LogP contribution in [-0.4, -0.2) is 22.7 Å². The summed E-state index contributed by atoms with van der Waals surface area (Å²) in [5, 5.41) is 13.2. The summed E-state index contributed by atoms with van der Waals surface area (Å²) in [4.78, 5) is 33.2. The van der Waals surface area contributed by atoms with Crippen molar-refractivity contribution in [3.8, 4) is 0 Å². The smallest absolute Gasteiger partial charge is 0.287 e. The number of benzene rings is 1. The van der Waals surface area contributed by atoms with E-state index >= 15 is 0 Å². The van der Waals surface area contributed by atoms with Crippen molar-refractivity contribution < 1.29 is 14.5 Å². The summed E-state index contributed by atoms with van der Waals surface area (Å²) in [5.41, 5.74) is 0.0922. The fourth-order valence-electron chi connectivity index (χ4n) is 1.43. The minimum atomic E-state index is -0.719. The maximum Gasteiger partial charge on any atom is 0.287 e. The summed E-state index contributed by atoms with van der Waals surface area (Å²) in [7, 11) is 0. The largest absolute Gasteiger partial charge is 0.347 e. The maximum absolute atomic E-state index is 11.6. The predicted molar refractivity (Wildman–Crippen MR) is 65.1 cm³/mol. The molecule has 6 heteroatoms. The van der Waals surface area contributed by atoms with Crippen LogP contribution in [0, 0.1) is 10.1 Å². The van der Waals surface area contributed by atoms with Gasteiger partial charge >= 0.3 is 0 Å². The lowest BCUT2D eigenvalue weighted by Gasteiger charge is -2.07. The number of nitrogens with zero attached hydrogens (tertiary/aromatic N) is 1. The lowest BCUT2D eigenvalue weighted by molar-refractivity contribution is -0.385. The monoisotopic (exact) mass is 250 g/mol. The first-order valence-corrected chi connectivity index (χ1v) is 5.47. The first kappa shape index (κ1) is 13.8. The van der Waals surface area contributed by atoms with Gasteiger partial charge in [0, 0.05) is 24.1 Å². The number of carbonyl (C=O) groups excluding carboxylic acids is 2. The SMILES string of the molecule is CC(C)NC(=O)C(=O)Cc1ccccc1[N+](=O)[O-]. The van der Waals surface area contributed by atoms with E-state index in [9.17, 15) is 19.7 Å². The van der Waals surface area contributed by atoms with Gasteiger partial charge in [0.15, 0.2) is 0 Å². The predicted octanol–water partition coefficient (Wildman–Crippen LogP) is 1.23. The fourth-order valence-corrected chi connectivity index (χ4v) is 1.43. The van der Waals surface area contributed by atoms with Gasteiger partial charge in [-0.15, -0.1) is 0 Å². The molecule has 0 aliphatic rings. The lowest BCUT2D eigenvalue weighted by atomic mass is 10.1. The number of nitro groups is 1. The van der Waals surface area contributed by atoms with Crippen molar-refractivity contribution in [2.75, 3.05) is 0 Å². The molecule has 96 valence electrons. The third-order valence-electron chi connectivity index (χ3n) is 2.21. The average Bonchev–Trinajstić information content (AvgIpc) is 2.28. The first-order chi connectivity index (χ1) is 8.41. The van der Waals surface area contributed by atoms with E-state index in [2.05, 4.69) is 5.32 Å². The molecule has 0 saturated heterocycles. The highest BCUT2D eigenvalue weighted by atomic mass is 16.6. The Morgan fingerprint density at radius 1 is 1.33 bits per heavy atom. The zero-order valence-corrected chi connectivity index (χ0v) is 10.2. The molecule has 1 amide bonds. The van der Waals surface area contributed by atoms with E-state index in [1.807, 2.05) is 0 Å². The Hall–Kier alpha value is -2.24. The van der Waals surface area contributed by atoms with Crippen LogP contribution in [0.4, 0.5) is 5.69 Å². The molecule has 0 aliphatic carbocycles. The van der Waals surface area contributed by atoms with Gasteiger partial charge in [0.25, 0.3) is 11.6 Å². The molecule has 0 aromatic heterocycles. The van der Waals surface area contributed by atoms with Crippen LogP contribution >= 0.6 is 0 Å². The fraction of sp³-hybridized carbons (Fsp3) is 0.333. The zero-order valence-electron chi connectivity index (χ0n) is 10.2. The molecule has 0 unspecified atom stereocenters. The van der Waals surface area contributed by atoms with Crippen LogP contribution in [0.2, 0.25) is 0 Å². The van der Waals surface area contributed by atoms with Crippen LogP contribution in [-0.2, 0) is 16.0 Å². The number of carbonyl (C=O) groups is 2. The second-order valence-corrected chi connectivity index (χ2v) is 4.11. The van der Waals surface area contributed by atoms with E-state index in [0.29, 0.717) is 0 Å². The van der Waals surface area contributed by atoms with E-state index in [0.717, 1.165) is 0 Å². The highest BCUT2D eigenvalue weighted by Gasteiger charge is 2.20. The van der Waals surface area contributed by atoms with E-state index < -0.39 is 16.6 Å². The molecule has 0 saturated carbocycles. The summed E-state index contributed by atoms with van der Waals surface area (Å²) in [5.74, 6) is -1.40. The number of Topliss-reactive ketones (excluding diaryl/α,β-unsaturated/α-hetero) is 1. The zero-order chi connectivity index (χ0) is 13.7. The highest BCUT2D eigenvalue weighted by Crippen LogP contribution is 2.18. The van der Waals surface area contributed by atoms with Gasteiger partial charge in [0.1, 0.15) is 0 Å². The Balaban J connectivity index is 2.82. The molecular weight excluding hydrogens is 236 g/mol.